The molecule has 1 aromatic carbocycles. The van der Waals surface area contributed by atoms with E-state index in [2.05, 4.69) is 43.1 Å². The zero-order valence-corrected chi connectivity index (χ0v) is 12.9. The van der Waals surface area contributed by atoms with Gasteiger partial charge in [-0.2, -0.15) is 0 Å². The van der Waals surface area contributed by atoms with Crippen molar-refractivity contribution < 1.29 is 4.74 Å². The average molecular weight is 264 g/mol. The summed E-state index contributed by atoms with van der Waals surface area (Å²) in [7, 11) is 4.08. The molecular formula is C16H28N2O. The van der Waals surface area contributed by atoms with Gasteiger partial charge in [-0.3, -0.25) is 0 Å². The smallest absolute Gasteiger partial charge is 0.121 e. The number of anilines is 1. The summed E-state index contributed by atoms with van der Waals surface area (Å²) in [5.74, 6) is 0.954. The molecule has 1 N–H and O–H groups in total. The largest absolute Gasteiger partial charge is 0.491 e. The third-order valence-electron chi connectivity index (χ3n) is 3.01. The molecule has 0 saturated heterocycles. The monoisotopic (exact) mass is 264 g/mol. The van der Waals surface area contributed by atoms with Crippen LogP contribution in [0.1, 0.15) is 33.6 Å². The van der Waals surface area contributed by atoms with Crippen molar-refractivity contribution in [2.24, 2.45) is 0 Å². The fourth-order valence-corrected chi connectivity index (χ4v) is 1.91. The van der Waals surface area contributed by atoms with Crippen LogP contribution in [0.4, 0.5) is 5.69 Å². The Bertz CT molecular complexity index is 364. The van der Waals surface area contributed by atoms with Crippen LogP contribution in [-0.4, -0.2) is 32.8 Å². The minimum atomic E-state index is 0.256. The van der Waals surface area contributed by atoms with Crippen LogP contribution in [-0.2, 0) is 0 Å². The van der Waals surface area contributed by atoms with Gasteiger partial charge in [0.25, 0.3) is 0 Å². The first-order valence-electron chi connectivity index (χ1n) is 7.16. The fraction of sp³-hybridized carbons (Fsp3) is 0.625. The molecule has 108 valence electrons. The second-order valence-corrected chi connectivity index (χ2v) is 5.57. The molecular weight excluding hydrogens is 236 g/mol. The number of benzene rings is 1. The van der Waals surface area contributed by atoms with E-state index in [0.29, 0.717) is 6.04 Å². The van der Waals surface area contributed by atoms with E-state index < -0.39 is 0 Å². The van der Waals surface area contributed by atoms with Crippen molar-refractivity contribution in [3.63, 3.8) is 0 Å². The van der Waals surface area contributed by atoms with Crippen molar-refractivity contribution in [1.82, 2.24) is 5.32 Å². The predicted octanol–water partition coefficient (Wildman–Crippen LogP) is 3.30. The van der Waals surface area contributed by atoms with Crippen LogP contribution >= 0.6 is 0 Å². The lowest BCUT2D eigenvalue weighted by Gasteiger charge is -2.18. The summed E-state index contributed by atoms with van der Waals surface area (Å²) in [6, 6.07) is 8.80. The van der Waals surface area contributed by atoms with E-state index in [1.54, 1.807) is 0 Å². The standard InChI is InChI=1S/C16H28N2O/c1-13(2)17-11-7-8-14(3)19-16-10-6-9-15(12-16)18(4)5/h6,9-10,12-14,17H,7-8,11H2,1-5H3. The second kappa shape index (κ2) is 8.05. The average Bonchev–Trinajstić information content (AvgIpc) is 2.34. The van der Waals surface area contributed by atoms with Crippen molar-refractivity contribution in [3.05, 3.63) is 24.3 Å². The molecule has 1 aromatic rings. The summed E-state index contributed by atoms with van der Waals surface area (Å²) < 4.78 is 5.96. The molecule has 0 aliphatic rings. The molecule has 0 radical (unpaired) electrons. The third-order valence-corrected chi connectivity index (χ3v) is 3.01. The van der Waals surface area contributed by atoms with Gasteiger partial charge in [-0.25, -0.2) is 0 Å². The predicted molar refractivity (Wildman–Crippen MR) is 83.2 cm³/mol. The van der Waals surface area contributed by atoms with Crippen LogP contribution in [0.15, 0.2) is 24.3 Å². The summed E-state index contributed by atoms with van der Waals surface area (Å²) in [5, 5.41) is 3.43. The first-order valence-corrected chi connectivity index (χ1v) is 7.16. The second-order valence-electron chi connectivity index (χ2n) is 5.57. The van der Waals surface area contributed by atoms with E-state index in [1.165, 1.54) is 5.69 Å². The highest BCUT2D eigenvalue weighted by molar-refractivity contribution is 5.49. The van der Waals surface area contributed by atoms with Gasteiger partial charge in [0.15, 0.2) is 0 Å². The Hall–Kier alpha value is -1.22. The summed E-state index contributed by atoms with van der Waals surface area (Å²) in [5.41, 5.74) is 1.17. The molecule has 0 aliphatic heterocycles. The molecule has 1 rings (SSSR count). The van der Waals surface area contributed by atoms with Crippen molar-refractivity contribution in [3.8, 4) is 5.75 Å². The van der Waals surface area contributed by atoms with E-state index in [4.69, 9.17) is 4.74 Å². The fourth-order valence-electron chi connectivity index (χ4n) is 1.91. The highest BCUT2D eigenvalue weighted by Gasteiger charge is 2.05. The number of hydrogen-bond acceptors (Lipinski definition) is 3. The zero-order chi connectivity index (χ0) is 14.3. The van der Waals surface area contributed by atoms with E-state index in [9.17, 15) is 0 Å². The Kier molecular flexibility index (Phi) is 6.71. The Labute approximate surface area is 118 Å². The normalized spacial score (nSPS) is 12.5. The number of nitrogens with zero attached hydrogens (tertiary/aromatic N) is 1. The van der Waals surface area contributed by atoms with E-state index in [-0.39, 0.29) is 6.10 Å². The molecule has 3 heteroatoms. The van der Waals surface area contributed by atoms with Gasteiger partial charge in [-0.1, -0.05) is 19.9 Å². The molecule has 0 saturated carbocycles. The lowest BCUT2D eigenvalue weighted by atomic mass is 10.2. The van der Waals surface area contributed by atoms with Crippen LogP contribution in [0, 0.1) is 0 Å². The van der Waals surface area contributed by atoms with Gasteiger partial charge in [-0.05, 0) is 38.4 Å². The minimum Gasteiger partial charge on any atom is -0.491 e. The van der Waals surface area contributed by atoms with Crippen LogP contribution in [0.3, 0.4) is 0 Å². The van der Waals surface area contributed by atoms with Crippen molar-refractivity contribution in [2.45, 2.75) is 45.8 Å². The van der Waals surface area contributed by atoms with Crippen molar-refractivity contribution in [2.75, 3.05) is 25.5 Å². The summed E-state index contributed by atoms with van der Waals surface area (Å²) in [6.07, 6.45) is 2.48. The van der Waals surface area contributed by atoms with E-state index in [0.717, 1.165) is 25.1 Å². The maximum atomic E-state index is 5.96. The molecule has 1 atom stereocenters. The lowest BCUT2D eigenvalue weighted by Crippen LogP contribution is -2.25. The third kappa shape index (κ3) is 6.48. The van der Waals surface area contributed by atoms with Crippen molar-refractivity contribution >= 4 is 5.69 Å². The first-order chi connectivity index (χ1) is 8.99. The highest BCUT2D eigenvalue weighted by Crippen LogP contribution is 2.21. The topological polar surface area (TPSA) is 24.5 Å². The van der Waals surface area contributed by atoms with E-state index >= 15 is 0 Å². The van der Waals surface area contributed by atoms with Crippen LogP contribution in [0.5, 0.6) is 5.75 Å². The Morgan fingerprint density at radius 3 is 2.58 bits per heavy atom. The number of nitrogens with one attached hydrogen (secondary N) is 1. The molecule has 0 spiro atoms. The summed E-state index contributed by atoms with van der Waals surface area (Å²) >= 11 is 0. The molecule has 0 aromatic heterocycles. The van der Waals surface area contributed by atoms with Gasteiger partial charge >= 0.3 is 0 Å². The highest BCUT2D eigenvalue weighted by atomic mass is 16.5. The maximum absolute atomic E-state index is 5.96. The van der Waals surface area contributed by atoms with E-state index in [1.807, 2.05) is 26.2 Å². The summed E-state index contributed by atoms with van der Waals surface area (Å²) in [6.45, 7) is 7.54. The van der Waals surface area contributed by atoms with Gasteiger partial charge in [0.2, 0.25) is 0 Å². The van der Waals surface area contributed by atoms with Crippen LogP contribution in [0.25, 0.3) is 0 Å². The molecule has 19 heavy (non-hydrogen) atoms. The number of hydrogen-bond donors (Lipinski definition) is 1. The number of ether oxygens (including phenoxy) is 1. The molecule has 0 heterocycles. The zero-order valence-electron chi connectivity index (χ0n) is 12.9. The van der Waals surface area contributed by atoms with Crippen molar-refractivity contribution in [1.29, 1.82) is 0 Å². The minimum absolute atomic E-state index is 0.256. The van der Waals surface area contributed by atoms with Gasteiger partial charge < -0.3 is 15.0 Å². The maximum Gasteiger partial charge on any atom is 0.121 e. The Morgan fingerprint density at radius 1 is 1.21 bits per heavy atom. The molecule has 0 amide bonds. The van der Waals surface area contributed by atoms with Crippen LogP contribution in [0.2, 0.25) is 0 Å². The van der Waals surface area contributed by atoms with Gasteiger partial charge in [0.05, 0.1) is 6.10 Å². The SMILES string of the molecule is CC(C)NCCCC(C)Oc1cccc(N(C)C)c1. The van der Waals surface area contributed by atoms with Gasteiger partial charge in [0, 0.05) is 31.9 Å². The lowest BCUT2D eigenvalue weighted by molar-refractivity contribution is 0.207. The Balaban J connectivity index is 2.35. The number of rotatable bonds is 8. The molecule has 3 nitrogen and oxygen atoms in total. The molecule has 0 bridgehead atoms. The summed E-state index contributed by atoms with van der Waals surface area (Å²) in [4.78, 5) is 2.09. The van der Waals surface area contributed by atoms with Crippen LogP contribution < -0.4 is 15.0 Å². The van der Waals surface area contributed by atoms with Gasteiger partial charge in [0.1, 0.15) is 5.75 Å². The molecule has 0 aliphatic carbocycles. The Morgan fingerprint density at radius 2 is 1.95 bits per heavy atom. The molecule has 0 fully saturated rings. The quantitative estimate of drug-likeness (QED) is 0.729. The first kappa shape index (κ1) is 15.8. The van der Waals surface area contributed by atoms with Gasteiger partial charge in [-0.15, -0.1) is 0 Å². The molecule has 1 unspecified atom stereocenters.